The maximum Gasteiger partial charge on any atom is 0.226 e. The van der Waals surface area contributed by atoms with Crippen LogP contribution in [-0.4, -0.2) is 23.2 Å². The number of rotatable bonds is 8. The van der Waals surface area contributed by atoms with Gasteiger partial charge in [0.1, 0.15) is 0 Å². The molecule has 1 aliphatic rings. The highest BCUT2D eigenvalue weighted by Gasteiger charge is 2.46. The average molecular weight is 460 g/mol. The second kappa shape index (κ2) is 10.2. The van der Waals surface area contributed by atoms with Crippen LogP contribution in [0.15, 0.2) is 61.2 Å². The Hall–Kier alpha value is -1.81. The van der Waals surface area contributed by atoms with E-state index in [1.54, 1.807) is 0 Å². The number of allylic oxidation sites excluding steroid dienone is 1. The molecular formula is C26H31Cl2NO2. The molecular weight excluding hydrogens is 429 g/mol. The molecule has 2 aromatic rings. The highest BCUT2D eigenvalue weighted by Crippen LogP contribution is 2.44. The summed E-state index contributed by atoms with van der Waals surface area (Å²) in [5, 5.41) is 15.4. The van der Waals surface area contributed by atoms with E-state index in [-0.39, 0.29) is 23.8 Å². The fourth-order valence-corrected chi connectivity index (χ4v) is 5.12. The number of hydrogen-bond acceptors (Lipinski definition) is 2. The van der Waals surface area contributed by atoms with Gasteiger partial charge in [-0.3, -0.25) is 4.79 Å². The Labute approximate surface area is 195 Å². The molecule has 1 amide bonds. The van der Waals surface area contributed by atoms with Crippen LogP contribution in [0.1, 0.15) is 50.2 Å². The summed E-state index contributed by atoms with van der Waals surface area (Å²) < 4.78 is 0. The Morgan fingerprint density at radius 3 is 2.55 bits per heavy atom. The highest BCUT2D eigenvalue weighted by molar-refractivity contribution is 6.30. The standard InChI is InChI=1S/C26H31Cl2NO2/c1-4-14-26(3)16-23(19-6-5-7-21(28)15-19)24(29-25(26)31)22(17(2)30)13-10-18-8-11-20(27)12-9-18/h4-9,11-12,15,17,22-24,30H,1,10,13-14,16H2,2-3H3,(H,29,31)/t17-,22+,23+,24+,26-/m0/s1. The number of carbonyl (C=O) groups is 1. The van der Waals surface area contributed by atoms with Crippen molar-refractivity contribution in [2.75, 3.05) is 0 Å². The van der Waals surface area contributed by atoms with Crippen molar-refractivity contribution in [3.8, 4) is 0 Å². The van der Waals surface area contributed by atoms with E-state index in [0.717, 1.165) is 24.0 Å². The zero-order chi connectivity index (χ0) is 22.6. The number of carbonyl (C=O) groups excluding carboxylic acids is 1. The van der Waals surface area contributed by atoms with Gasteiger partial charge in [0.25, 0.3) is 0 Å². The number of aliphatic hydroxyl groups is 1. The molecule has 2 aromatic carbocycles. The van der Waals surface area contributed by atoms with Crippen molar-refractivity contribution in [2.45, 2.75) is 57.6 Å². The van der Waals surface area contributed by atoms with Crippen LogP contribution in [0.4, 0.5) is 0 Å². The first kappa shape index (κ1) is 23.8. The summed E-state index contributed by atoms with van der Waals surface area (Å²) in [5.74, 6) is -0.0316. The van der Waals surface area contributed by atoms with Gasteiger partial charge < -0.3 is 10.4 Å². The fourth-order valence-electron chi connectivity index (χ4n) is 4.80. The number of halogens is 2. The van der Waals surface area contributed by atoms with Crippen LogP contribution in [0.2, 0.25) is 10.0 Å². The summed E-state index contributed by atoms with van der Waals surface area (Å²) in [6.45, 7) is 7.65. The number of aryl methyl sites for hydroxylation is 1. The van der Waals surface area contributed by atoms with Crippen molar-refractivity contribution >= 4 is 29.1 Å². The van der Waals surface area contributed by atoms with Crippen molar-refractivity contribution in [1.29, 1.82) is 0 Å². The highest BCUT2D eigenvalue weighted by atomic mass is 35.5. The summed E-state index contributed by atoms with van der Waals surface area (Å²) in [6.07, 6.45) is 4.07. The molecule has 3 rings (SSSR count). The summed E-state index contributed by atoms with van der Waals surface area (Å²) in [7, 11) is 0. The molecule has 2 N–H and O–H groups in total. The number of nitrogens with one attached hydrogen (secondary N) is 1. The molecule has 0 spiro atoms. The van der Waals surface area contributed by atoms with E-state index < -0.39 is 11.5 Å². The molecule has 5 atom stereocenters. The smallest absolute Gasteiger partial charge is 0.226 e. The average Bonchev–Trinajstić information content (AvgIpc) is 2.72. The van der Waals surface area contributed by atoms with Gasteiger partial charge in [0.05, 0.1) is 11.5 Å². The van der Waals surface area contributed by atoms with Gasteiger partial charge in [-0.1, -0.05) is 60.5 Å². The van der Waals surface area contributed by atoms with Crippen LogP contribution < -0.4 is 5.32 Å². The molecule has 1 aliphatic heterocycles. The van der Waals surface area contributed by atoms with Crippen LogP contribution in [0.5, 0.6) is 0 Å². The first-order valence-corrected chi connectivity index (χ1v) is 11.6. The van der Waals surface area contributed by atoms with E-state index >= 15 is 0 Å². The van der Waals surface area contributed by atoms with Crippen molar-refractivity contribution in [2.24, 2.45) is 11.3 Å². The lowest BCUT2D eigenvalue weighted by atomic mass is 9.66. The van der Waals surface area contributed by atoms with Crippen molar-refractivity contribution in [3.63, 3.8) is 0 Å². The van der Waals surface area contributed by atoms with Crippen molar-refractivity contribution in [1.82, 2.24) is 5.32 Å². The topological polar surface area (TPSA) is 49.3 Å². The van der Waals surface area contributed by atoms with E-state index in [1.807, 2.05) is 62.4 Å². The minimum atomic E-state index is -0.567. The molecule has 1 heterocycles. The van der Waals surface area contributed by atoms with Gasteiger partial charge in [-0.05, 0) is 68.0 Å². The number of aliphatic hydroxyl groups excluding tert-OH is 1. The van der Waals surface area contributed by atoms with Gasteiger partial charge in [-0.2, -0.15) is 0 Å². The predicted molar refractivity (Wildman–Crippen MR) is 129 cm³/mol. The van der Waals surface area contributed by atoms with E-state index in [9.17, 15) is 9.90 Å². The largest absolute Gasteiger partial charge is 0.393 e. The predicted octanol–water partition coefficient (Wildman–Crippen LogP) is 6.18. The van der Waals surface area contributed by atoms with E-state index in [0.29, 0.717) is 22.9 Å². The third-order valence-corrected chi connectivity index (χ3v) is 7.07. The van der Waals surface area contributed by atoms with Gasteiger partial charge in [-0.25, -0.2) is 0 Å². The molecule has 0 bridgehead atoms. The van der Waals surface area contributed by atoms with E-state index in [4.69, 9.17) is 23.2 Å². The molecule has 0 unspecified atom stereocenters. The zero-order valence-electron chi connectivity index (χ0n) is 18.2. The lowest BCUT2D eigenvalue weighted by molar-refractivity contribution is -0.136. The molecule has 166 valence electrons. The number of piperidine rings is 1. The SMILES string of the molecule is C=CC[C@@]1(C)C[C@H](c2cccc(Cl)c2)[C@@H]([C@H](CCc2ccc(Cl)cc2)[C@H](C)O)NC1=O. The zero-order valence-corrected chi connectivity index (χ0v) is 19.7. The van der Waals surface area contributed by atoms with Gasteiger partial charge in [-0.15, -0.1) is 6.58 Å². The van der Waals surface area contributed by atoms with Crippen molar-refractivity contribution in [3.05, 3.63) is 82.4 Å². The monoisotopic (exact) mass is 459 g/mol. The number of hydrogen-bond donors (Lipinski definition) is 2. The van der Waals surface area contributed by atoms with Gasteiger partial charge >= 0.3 is 0 Å². The molecule has 3 nitrogen and oxygen atoms in total. The maximum absolute atomic E-state index is 13.1. The first-order valence-electron chi connectivity index (χ1n) is 10.8. The Morgan fingerprint density at radius 1 is 1.23 bits per heavy atom. The molecule has 5 heteroatoms. The normalized spacial score (nSPS) is 25.5. The lowest BCUT2D eigenvalue weighted by Gasteiger charge is -2.46. The van der Waals surface area contributed by atoms with Gasteiger partial charge in [0.2, 0.25) is 5.91 Å². The third kappa shape index (κ3) is 5.71. The van der Waals surface area contributed by atoms with Crippen LogP contribution in [0, 0.1) is 11.3 Å². The quantitative estimate of drug-likeness (QED) is 0.463. The Kier molecular flexibility index (Phi) is 7.85. The Morgan fingerprint density at radius 2 is 1.94 bits per heavy atom. The van der Waals surface area contributed by atoms with Gasteiger partial charge in [0.15, 0.2) is 0 Å². The van der Waals surface area contributed by atoms with E-state index in [2.05, 4.69) is 18.0 Å². The molecule has 1 saturated heterocycles. The first-order chi connectivity index (χ1) is 14.7. The fraction of sp³-hybridized carbons (Fsp3) is 0.423. The molecule has 0 radical (unpaired) electrons. The summed E-state index contributed by atoms with van der Waals surface area (Å²) in [5.41, 5.74) is 1.71. The Bertz CT molecular complexity index is 912. The van der Waals surface area contributed by atoms with Crippen LogP contribution in [-0.2, 0) is 11.2 Å². The second-order valence-corrected chi connectivity index (χ2v) is 9.86. The molecule has 1 fully saturated rings. The number of benzene rings is 2. The third-order valence-electron chi connectivity index (χ3n) is 6.58. The summed E-state index contributed by atoms with van der Waals surface area (Å²) >= 11 is 12.3. The summed E-state index contributed by atoms with van der Waals surface area (Å²) in [4.78, 5) is 13.1. The van der Waals surface area contributed by atoms with E-state index in [1.165, 1.54) is 0 Å². The molecule has 31 heavy (non-hydrogen) atoms. The molecule has 0 aliphatic carbocycles. The lowest BCUT2D eigenvalue weighted by Crippen LogP contribution is -2.57. The van der Waals surface area contributed by atoms with Crippen LogP contribution in [0.25, 0.3) is 0 Å². The molecule has 0 aromatic heterocycles. The Balaban J connectivity index is 1.91. The summed E-state index contributed by atoms with van der Waals surface area (Å²) in [6, 6.07) is 15.4. The minimum Gasteiger partial charge on any atom is -0.393 e. The second-order valence-electron chi connectivity index (χ2n) is 8.99. The van der Waals surface area contributed by atoms with Crippen molar-refractivity contribution < 1.29 is 9.90 Å². The van der Waals surface area contributed by atoms with Crippen LogP contribution in [0.3, 0.4) is 0 Å². The van der Waals surface area contributed by atoms with Gasteiger partial charge in [0, 0.05) is 27.9 Å². The number of amides is 1. The maximum atomic E-state index is 13.1. The minimum absolute atomic E-state index is 0.0211. The molecule has 0 saturated carbocycles. The van der Waals surface area contributed by atoms with Crippen LogP contribution >= 0.6 is 23.2 Å².